The van der Waals surface area contributed by atoms with Gasteiger partial charge in [0.1, 0.15) is 0 Å². The molecule has 0 aromatic heterocycles. The predicted octanol–water partition coefficient (Wildman–Crippen LogP) is 1.19. The first kappa shape index (κ1) is 5.26. The van der Waals surface area contributed by atoms with Crippen LogP contribution < -0.4 is 0 Å². The molecule has 0 saturated carbocycles. The fourth-order valence-corrected chi connectivity index (χ4v) is 0.859. The van der Waals surface area contributed by atoms with Crippen molar-refractivity contribution >= 4 is 19.5 Å². The highest BCUT2D eigenvalue weighted by Gasteiger charge is 1.91. The highest BCUT2D eigenvalue weighted by Crippen LogP contribution is 2.06. The van der Waals surface area contributed by atoms with Crippen LogP contribution in [-0.2, 0) is 4.10 Å². The molecule has 0 saturated heterocycles. The maximum Gasteiger partial charge on any atom is 0.342 e. The third-order valence-electron chi connectivity index (χ3n) is 0.706. The van der Waals surface area contributed by atoms with Gasteiger partial charge in [0.25, 0.3) is 0 Å². The molecule has 1 rings (SSSR count). The molecule has 1 aliphatic rings. The summed E-state index contributed by atoms with van der Waals surface area (Å²) >= 11 is 1.50. The molecule has 0 aliphatic carbocycles. The van der Waals surface area contributed by atoms with Crippen molar-refractivity contribution in [2.45, 2.75) is 6.42 Å². The Kier molecular flexibility index (Phi) is 2.37. The Balaban J connectivity index is 2.20. The lowest BCUT2D eigenvalue weighted by molar-refractivity contribution is 0.711. The van der Waals surface area contributed by atoms with Gasteiger partial charge in [-0.1, -0.05) is 12.1 Å². The second-order valence-corrected chi connectivity index (χ2v) is 2.11. The SMILES string of the molecule is [B]1C=CCCSO1. The van der Waals surface area contributed by atoms with Gasteiger partial charge in [0, 0.05) is 5.75 Å². The number of rotatable bonds is 0. The third kappa shape index (κ3) is 2.05. The summed E-state index contributed by atoms with van der Waals surface area (Å²) in [6.07, 6.45) is 3.22. The largest absolute Gasteiger partial charge is 0.376 e. The summed E-state index contributed by atoms with van der Waals surface area (Å²) in [5.41, 5.74) is 0. The Morgan fingerprint density at radius 3 is 3.71 bits per heavy atom. The van der Waals surface area contributed by atoms with Crippen molar-refractivity contribution in [1.82, 2.24) is 0 Å². The van der Waals surface area contributed by atoms with Crippen LogP contribution in [0.15, 0.2) is 12.1 Å². The molecule has 0 atom stereocenters. The van der Waals surface area contributed by atoms with Crippen molar-refractivity contribution in [3.8, 4) is 0 Å². The van der Waals surface area contributed by atoms with Gasteiger partial charge in [0.15, 0.2) is 0 Å². The van der Waals surface area contributed by atoms with Gasteiger partial charge >= 0.3 is 7.48 Å². The van der Waals surface area contributed by atoms with Gasteiger partial charge in [0.05, 0.1) is 0 Å². The van der Waals surface area contributed by atoms with Gasteiger partial charge in [0.2, 0.25) is 0 Å². The zero-order valence-corrected chi connectivity index (χ0v) is 4.78. The number of hydrogen-bond donors (Lipinski definition) is 0. The van der Waals surface area contributed by atoms with E-state index in [1.807, 2.05) is 5.98 Å². The summed E-state index contributed by atoms with van der Waals surface area (Å²) < 4.78 is 4.90. The van der Waals surface area contributed by atoms with Gasteiger partial charge in [-0.05, 0) is 18.5 Å². The first-order chi connectivity index (χ1) is 3.50. The van der Waals surface area contributed by atoms with E-state index in [2.05, 4.69) is 6.08 Å². The molecule has 37 valence electrons. The third-order valence-corrected chi connectivity index (χ3v) is 1.36. The second kappa shape index (κ2) is 3.16. The average Bonchev–Trinajstić information content (AvgIpc) is 1.90. The van der Waals surface area contributed by atoms with E-state index in [0.29, 0.717) is 0 Å². The lowest BCUT2D eigenvalue weighted by atomic mass is 10.0. The Morgan fingerprint density at radius 1 is 1.71 bits per heavy atom. The number of hydrogen-bond acceptors (Lipinski definition) is 2. The standard InChI is InChI=1S/C4H6BOS/c1-2-4-7-6-5-3-1/h1,3H,2,4H2. The fraction of sp³-hybridized carbons (Fsp3) is 0.500. The normalized spacial score (nSPS) is 20.6. The van der Waals surface area contributed by atoms with E-state index in [1.54, 1.807) is 7.48 Å². The average molecular weight is 113 g/mol. The van der Waals surface area contributed by atoms with Crippen LogP contribution in [0.4, 0.5) is 0 Å². The summed E-state index contributed by atoms with van der Waals surface area (Å²) in [5.74, 6) is 3.01. The molecule has 1 nitrogen and oxygen atoms in total. The monoisotopic (exact) mass is 113 g/mol. The van der Waals surface area contributed by atoms with E-state index in [4.69, 9.17) is 4.10 Å². The van der Waals surface area contributed by atoms with Gasteiger partial charge in [-0.15, -0.1) is 0 Å². The summed E-state index contributed by atoms with van der Waals surface area (Å²) in [6, 6.07) is 0. The molecule has 0 aromatic carbocycles. The first-order valence-corrected chi connectivity index (χ1v) is 3.18. The van der Waals surface area contributed by atoms with Crippen molar-refractivity contribution in [2.24, 2.45) is 0 Å². The predicted molar refractivity (Wildman–Crippen MR) is 33.1 cm³/mol. The summed E-state index contributed by atoms with van der Waals surface area (Å²) in [4.78, 5) is 0. The van der Waals surface area contributed by atoms with Crippen LogP contribution in [0, 0.1) is 0 Å². The summed E-state index contributed by atoms with van der Waals surface area (Å²) in [7, 11) is 1.71. The van der Waals surface area contributed by atoms with E-state index in [0.717, 1.165) is 12.2 Å². The minimum Gasteiger partial charge on any atom is -0.376 e. The quantitative estimate of drug-likeness (QED) is 0.344. The van der Waals surface area contributed by atoms with Crippen LogP contribution in [0.3, 0.4) is 0 Å². The second-order valence-electron chi connectivity index (χ2n) is 1.27. The van der Waals surface area contributed by atoms with Crippen molar-refractivity contribution in [3.05, 3.63) is 12.1 Å². The van der Waals surface area contributed by atoms with E-state index >= 15 is 0 Å². The Bertz CT molecular complexity index is 66.1. The van der Waals surface area contributed by atoms with E-state index in [1.165, 1.54) is 12.0 Å². The highest BCUT2D eigenvalue weighted by atomic mass is 32.2. The molecule has 0 aromatic rings. The molecule has 1 heterocycles. The Labute approximate surface area is 48.6 Å². The molecule has 3 heteroatoms. The molecule has 1 radical (unpaired) electrons. The van der Waals surface area contributed by atoms with Gasteiger partial charge in [-0.25, -0.2) is 0 Å². The highest BCUT2D eigenvalue weighted by molar-refractivity contribution is 7.95. The van der Waals surface area contributed by atoms with Crippen molar-refractivity contribution < 1.29 is 4.10 Å². The molecule has 0 spiro atoms. The van der Waals surface area contributed by atoms with Crippen molar-refractivity contribution in [2.75, 3.05) is 5.75 Å². The zero-order chi connectivity index (χ0) is 4.95. The smallest absolute Gasteiger partial charge is 0.342 e. The minimum absolute atomic E-state index is 1.08. The molecule has 7 heavy (non-hydrogen) atoms. The summed E-state index contributed by atoms with van der Waals surface area (Å²) in [5, 5.41) is 0. The van der Waals surface area contributed by atoms with Crippen LogP contribution in [-0.4, -0.2) is 13.2 Å². The van der Waals surface area contributed by atoms with Crippen LogP contribution in [0.25, 0.3) is 0 Å². The van der Waals surface area contributed by atoms with Gasteiger partial charge < -0.3 is 4.10 Å². The van der Waals surface area contributed by atoms with Crippen molar-refractivity contribution in [1.29, 1.82) is 0 Å². The van der Waals surface area contributed by atoms with Crippen molar-refractivity contribution in [3.63, 3.8) is 0 Å². The first-order valence-electron chi connectivity index (χ1n) is 2.27. The maximum atomic E-state index is 4.90. The van der Waals surface area contributed by atoms with E-state index in [9.17, 15) is 0 Å². The van der Waals surface area contributed by atoms with Crippen LogP contribution >= 0.6 is 12.0 Å². The molecular formula is C4H6BOS. The van der Waals surface area contributed by atoms with E-state index < -0.39 is 0 Å². The lowest BCUT2D eigenvalue weighted by Crippen LogP contribution is -1.81. The number of allylic oxidation sites excluding steroid dienone is 1. The van der Waals surface area contributed by atoms with Crippen LogP contribution in [0.2, 0.25) is 0 Å². The molecule has 0 unspecified atom stereocenters. The molecule has 0 fully saturated rings. The minimum atomic E-state index is 1.08. The molecule has 0 N–H and O–H groups in total. The van der Waals surface area contributed by atoms with Gasteiger partial charge in [-0.2, -0.15) is 0 Å². The van der Waals surface area contributed by atoms with Crippen LogP contribution in [0.5, 0.6) is 0 Å². The molecule has 0 amide bonds. The lowest BCUT2D eigenvalue weighted by Gasteiger charge is -1.88. The molecular weight excluding hydrogens is 107 g/mol. The van der Waals surface area contributed by atoms with Crippen LogP contribution in [0.1, 0.15) is 6.42 Å². The molecule has 1 aliphatic heterocycles. The fourth-order valence-electron chi connectivity index (χ4n) is 0.387. The van der Waals surface area contributed by atoms with E-state index in [-0.39, 0.29) is 0 Å². The summed E-state index contributed by atoms with van der Waals surface area (Å²) in [6.45, 7) is 0. The zero-order valence-electron chi connectivity index (χ0n) is 3.96. The Morgan fingerprint density at radius 2 is 2.71 bits per heavy atom. The Hall–Kier alpha value is 0.115. The van der Waals surface area contributed by atoms with Gasteiger partial charge in [-0.3, -0.25) is 0 Å². The molecule has 0 bridgehead atoms. The topological polar surface area (TPSA) is 9.23 Å². The maximum absolute atomic E-state index is 4.90.